The molecule has 0 spiro atoms. The van der Waals surface area contributed by atoms with E-state index in [1.54, 1.807) is 0 Å². The molecule has 2 nitrogen and oxygen atoms in total. The van der Waals surface area contributed by atoms with E-state index in [2.05, 4.69) is 26.5 Å². The van der Waals surface area contributed by atoms with Gasteiger partial charge in [0.2, 0.25) is 0 Å². The van der Waals surface area contributed by atoms with Crippen LogP contribution in [0.15, 0.2) is 0 Å². The maximum atomic E-state index is 6.24. The van der Waals surface area contributed by atoms with Crippen molar-refractivity contribution in [3.63, 3.8) is 0 Å². The molecule has 0 amide bonds. The van der Waals surface area contributed by atoms with Gasteiger partial charge >= 0.3 is 0 Å². The van der Waals surface area contributed by atoms with Crippen LogP contribution in [0.4, 0.5) is 0 Å². The van der Waals surface area contributed by atoms with Gasteiger partial charge in [0.15, 0.2) is 6.29 Å². The first-order valence-corrected chi connectivity index (χ1v) is 9.25. The average Bonchev–Trinajstić information content (AvgIpc) is 2.65. The fraction of sp³-hybridized carbons (Fsp3) is 1.00. The summed E-state index contributed by atoms with van der Waals surface area (Å²) in [6, 6.07) is 0. The van der Waals surface area contributed by atoms with Crippen molar-refractivity contribution in [3.8, 4) is 0 Å². The summed E-state index contributed by atoms with van der Waals surface area (Å²) in [4.78, 5) is 0. The van der Waals surface area contributed by atoms with Crippen LogP contribution in [0.25, 0.3) is 0 Å². The molecule has 1 saturated carbocycles. The van der Waals surface area contributed by atoms with Crippen LogP contribution >= 0.6 is 12.6 Å². The predicted octanol–water partition coefficient (Wildman–Crippen LogP) is 4.53. The molecule has 0 bridgehead atoms. The van der Waals surface area contributed by atoms with E-state index in [1.807, 2.05) is 13.8 Å². The largest absolute Gasteiger partial charge is 0.349 e. The first-order chi connectivity index (χ1) is 9.70. The monoisotopic (exact) mass is 300 g/mol. The third-order valence-electron chi connectivity index (χ3n) is 5.53. The summed E-state index contributed by atoms with van der Waals surface area (Å²) >= 11 is 4.47. The van der Waals surface area contributed by atoms with Crippen LogP contribution in [-0.4, -0.2) is 24.3 Å². The Morgan fingerprint density at radius 2 is 1.75 bits per heavy atom. The quantitative estimate of drug-likeness (QED) is 0.717. The Labute approximate surface area is 130 Å². The van der Waals surface area contributed by atoms with Crippen LogP contribution < -0.4 is 0 Å². The van der Waals surface area contributed by atoms with E-state index in [1.165, 1.54) is 32.1 Å². The lowest BCUT2D eigenvalue weighted by atomic mass is 9.64. The highest BCUT2D eigenvalue weighted by Gasteiger charge is 2.49. The third-order valence-corrected chi connectivity index (χ3v) is 5.89. The van der Waals surface area contributed by atoms with Gasteiger partial charge < -0.3 is 9.47 Å². The summed E-state index contributed by atoms with van der Waals surface area (Å²) in [6.45, 7) is 8.56. The molecule has 0 aromatic heterocycles. The minimum atomic E-state index is 0.0474. The molecule has 0 N–H and O–H groups in total. The van der Waals surface area contributed by atoms with Crippen molar-refractivity contribution in [2.24, 2.45) is 23.7 Å². The van der Waals surface area contributed by atoms with Gasteiger partial charge in [0, 0.05) is 11.7 Å². The third kappa shape index (κ3) is 3.20. The molecule has 7 atom stereocenters. The van der Waals surface area contributed by atoms with Gasteiger partial charge in [-0.25, -0.2) is 0 Å². The van der Waals surface area contributed by atoms with Crippen molar-refractivity contribution < 1.29 is 9.47 Å². The van der Waals surface area contributed by atoms with E-state index >= 15 is 0 Å². The van der Waals surface area contributed by atoms with Crippen molar-refractivity contribution in [2.75, 3.05) is 5.75 Å². The van der Waals surface area contributed by atoms with Gasteiger partial charge in [-0.2, -0.15) is 12.6 Å². The summed E-state index contributed by atoms with van der Waals surface area (Å²) in [6.07, 6.45) is 7.37. The lowest BCUT2D eigenvalue weighted by Gasteiger charge is -2.50. The van der Waals surface area contributed by atoms with Gasteiger partial charge in [-0.15, -0.1) is 0 Å². The van der Waals surface area contributed by atoms with Crippen LogP contribution in [-0.2, 0) is 9.47 Å². The van der Waals surface area contributed by atoms with E-state index in [0.29, 0.717) is 17.9 Å². The maximum absolute atomic E-state index is 6.24. The highest BCUT2D eigenvalue weighted by molar-refractivity contribution is 7.80. The molecule has 2 heterocycles. The normalized spacial score (nSPS) is 47.5. The van der Waals surface area contributed by atoms with Crippen LogP contribution in [0.2, 0.25) is 0 Å². The SMILES string of the molecule is CC.CC1CCC2CCCC3C(C)C(CS)OC(O1)C23. The van der Waals surface area contributed by atoms with Crippen molar-refractivity contribution in [1.29, 1.82) is 0 Å². The lowest BCUT2D eigenvalue weighted by Crippen LogP contribution is -2.52. The zero-order valence-corrected chi connectivity index (χ0v) is 14.4. The molecule has 1 aliphatic carbocycles. The molecule has 2 aliphatic heterocycles. The Bertz CT molecular complexity index is 297. The smallest absolute Gasteiger partial charge is 0.161 e. The minimum Gasteiger partial charge on any atom is -0.349 e. The maximum Gasteiger partial charge on any atom is 0.161 e. The van der Waals surface area contributed by atoms with E-state index < -0.39 is 0 Å². The van der Waals surface area contributed by atoms with Crippen molar-refractivity contribution in [3.05, 3.63) is 0 Å². The van der Waals surface area contributed by atoms with E-state index in [9.17, 15) is 0 Å². The number of thiol groups is 1. The Morgan fingerprint density at radius 1 is 1.00 bits per heavy atom. The zero-order chi connectivity index (χ0) is 14.7. The average molecular weight is 301 g/mol. The molecule has 7 unspecified atom stereocenters. The summed E-state index contributed by atoms with van der Waals surface area (Å²) in [5.41, 5.74) is 0. The molecule has 3 fully saturated rings. The zero-order valence-electron chi connectivity index (χ0n) is 13.5. The molecule has 3 rings (SSSR count). The molecule has 0 radical (unpaired) electrons. The standard InChI is InChI=1S/C15H26O2S.C2H6/c1-9-6-7-11-4-3-5-12-10(2)13(8-18)17-15(16-9)14(11)12;1-2/h9-15,18H,3-8H2,1-2H3;1-2H3. The van der Waals surface area contributed by atoms with Crippen molar-refractivity contribution in [2.45, 2.75) is 78.3 Å². The second-order valence-electron chi connectivity index (χ2n) is 6.54. The summed E-state index contributed by atoms with van der Waals surface area (Å²) in [7, 11) is 0. The number of rotatable bonds is 1. The number of hydrogen-bond acceptors (Lipinski definition) is 3. The highest BCUT2D eigenvalue weighted by Crippen LogP contribution is 2.50. The van der Waals surface area contributed by atoms with Crippen LogP contribution in [0.3, 0.4) is 0 Å². The summed E-state index contributed by atoms with van der Waals surface area (Å²) < 4.78 is 12.4. The Hall–Kier alpha value is 0.270. The second-order valence-corrected chi connectivity index (χ2v) is 6.91. The van der Waals surface area contributed by atoms with Gasteiger partial charge in [0.25, 0.3) is 0 Å². The van der Waals surface area contributed by atoms with Gasteiger partial charge in [-0.05, 0) is 50.4 Å². The Morgan fingerprint density at radius 3 is 2.45 bits per heavy atom. The second kappa shape index (κ2) is 7.51. The van der Waals surface area contributed by atoms with Crippen LogP contribution in [0, 0.1) is 23.7 Å². The van der Waals surface area contributed by atoms with Crippen LogP contribution in [0.1, 0.15) is 59.8 Å². The van der Waals surface area contributed by atoms with Crippen LogP contribution in [0.5, 0.6) is 0 Å². The van der Waals surface area contributed by atoms with Crippen molar-refractivity contribution in [1.82, 2.24) is 0 Å². The fourth-order valence-electron chi connectivity index (χ4n) is 4.47. The number of ether oxygens (including phenoxy) is 2. The van der Waals surface area contributed by atoms with E-state index in [-0.39, 0.29) is 12.4 Å². The molecule has 118 valence electrons. The summed E-state index contributed by atoms with van der Waals surface area (Å²) in [5.74, 6) is 3.74. The molecule has 0 aromatic rings. The predicted molar refractivity (Wildman–Crippen MR) is 87.1 cm³/mol. The van der Waals surface area contributed by atoms with Gasteiger partial charge in [-0.1, -0.05) is 27.2 Å². The first kappa shape index (κ1) is 16.6. The Kier molecular flexibility index (Phi) is 6.25. The molecular weight excluding hydrogens is 268 g/mol. The Balaban J connectivity index is 0.000000704. The van der Waals surface area contributed by atoms with Crippen molar-refractivity contribution >= 4 is 12.6 Å². The molecule has 3 aliphatic rings. The fourth-order valence-corrected chi connectivity index (χ4v) is 4.88. The summed E-state index contributed by atoms with van der Waals surface area (Å²) in [5, 5.41) is 0. The van der Waals surface area contributed by atoms with E-state index in [4.69, 9.17) is 9.47 Å². The minimum absolute atomic E-state index is 0.0474. The molecule has 2 saturated heterocycles. The topological polar surface area (TPSA) is 18.5 Å². The van der Waals surface area contributed by atoms with Gasteiger partial charge in [-0.3, -0.25) is 0 Å². The molecule has 20 heavy (non-hydrogen) atoms. The number of hydrogen-bond donors (Lipinski definition) is 1. The molecular formula is C17H32O2S. The van der Waals surface area contributed by atoms with E-state index in [0.717, 1.165) is 17.6 Å². The van der Waals surface area contributed by atoms with Gasteiger partial charge in [0.05, 0.1) is 12.2 Å². The molecule has 3 heteroatoms. The van der Waals surface area contributed by atoms with Gasteiger partial charge in [0.1, 0.15) is 0 Å². The highest BCUT2D eigenvalue weighted by atomic mass is 32.1. The molecule has 0 aromatic carbocycles. The first-order valence-electron chi connectivity index (χ1n) is 8.62. The lowest BCUT2D eigenvalue weighted by molar-refractivity contribution is -0.268.